The fourth-order valence-electron chi connectivity index (χ4n) is 1.36. The first-order valence-electron chi connectivity index (χ1n) is 6.09. The zero-order valence-electron chi connectivity index (χ0n) is 11.4. The van der Waals surface area contributed by atoms with Crippen LogP contribution in [0.4, 0.5) is 0 Å². The molecule has 0 saturated heterocycles. The minimum atomic E-state index is 0.118. The minimum Gasteiger partial charge on any atom is -0.294 e. The van der Waals surface area contributed by atoms with Gasteiger partial charge < -0.3 is 0 Å². The van der Waals surface area contributed by atoms with Crippen LogP contribution in [-0.4, -0.2) is 10.8 Å². The molecule has 2 rings (SSSR count). The van der Waals surface area contributed by atoms with Crippen molar-refractivity contribution < 1.29 is 4.79 Å². The first-order valence-corrected chi connectivity index (χ1v) is 6.09. The second-order valence-electron chi connectivity index (χ2n) is 3.46. The normalized spacial score (nSPS) is 12.2. The molecule has 1 aliphatic rings. The Hall–Kier alpha value is -1.96. The summed E-state index contributed by atoms with van der Waals surface area (Å²) in [6, 6.07) is 1.75. The van der Waals surface area contributed by atoms with E-state index in [9.17, 15) is 4.79 Å². The van der Waals surface area contributed by atoms with Crippen LogP contribution in [0.1, 0.15) is 43.1 Å². The van der Waals surface area contributed by atoms with Crippen LogP contribution in [0.2, 0.25) is 0 Å². The fraction of sp³-hybridized carbons (Fsp3) is 0.250. The van der Waals surface area contributed by atoms with Crippen molar-refractivity contribution in [2.45, 2.75) is 27.2 Å². The summed E-state index contributed by atoms with van der Waals surface area (Å²) in [4.78, 5) is 15.6. The number of ketones is 1. The number of carbonyl (C=O) groups is 1. The summed E-state index contributed by atoms with van der Waals surface area (Å²) >= 11 is 0. The Balaban J connectivity index is 0.000000509. The average molecular weight is 243 g/mol. The molecule has 0 atom stereocenters. The van der Waals surface area contributed by atoms with Crippen LogP contribution in [0.25, 0.3) is 6.08 Å². The lowest BCUT2D eigenvalue weighted by Crippen LogP contribution is -2.00. The highest BCUT2D eigenvalue weighted by Gasteiger charge is 2.12. The van der Waals surface area contributed by atoms with Crippen molar-refractivity contribution in [3.05, 3.63) is 60.5 Å². The van der Waals surface area contributed by atoms with Crippen molar-refractivity contribution in [1.29, 1.82) is 0 Å². The lowest BCUT2D eigenvalue weighted by Gasteiger charge is -1.99. The van der Waals surface area contributed by atoms with Gasteiger partial charge in [0.25, 0.3) is 0 Å². The molecular weight excluding hydrogens is 222 g/mol. The number of carbonyl (C=O) groups excluding carboxylic acids is 1. The van der Waals surface area contributed by atoms with Gasteiger partial charge in [0.2, 0.25) is 0 Å². The highest BCUT2D eigenvalue weighted by molar-refractivity contribution is 6.02. The molecule has 0 aromatic carbocycles. The third-order valence-electron chi connectivity index (χ3n) is 2.04. The average Bonchev–Trinajstić information content (AvgIpc) is 2.53. The standard InChI is InChI=1S/C11H9NO.C3H6.C2H6/c1-8-2-3-9-7-12-5-4-10(9)11(13)6-8;1-3-2;1-2/h2-5,7H,1,6H2;3H,1H2,2H3;1-2H3. The molecule has 0 aliphatic heterocycles. The first kappa shape index (κ1) is 16.0. The Bertz CT molecular complexity index is 444. The maximum absolute atomic E-state index is 11.6. The van der Waals surface area contributed by atoms with Gasteiger partial charge in [-0.05, 0) is 18.6 Å². The van der Waals surface area contributed by atoms with Crippen LogP contribution >= 0.6 is 0 Å². The third-order valence-corrected chi connectivity index (χ3v) is 2.04. The van der Waals surface area contributed by atoms with E-state index < -0.39 is 0 Å². The van der Waals surface area contributed by atoms with E-state index in [1.165, 1.54) is 0 Å². The SMILES string of the molecule is C=C1C=Cc2cnccc2C(=O)C1.C=CC.CC. The molecule has 1 aliphatic carbocycles. The quantitative estimate of drug-likeness (QED) is 0.630. The number of hydrogen-bond acceptors (Lipinski definition) is 2. The Morgan fingerprint density at radius 3 is 2.56 bits per heavy atom. The van der Waals surface area contributed by atoms with Crippen LogP contribution in [-0.2, 0) is 0 Å². The molecule has 0 unspecified atom stereocenters. The molecule has 1 aromatic heterocycles. The molecule has 1 aromatic rings. The lowest BCUT2D eigenvalue weighted by atomic mass is 10.1. The molecule has 2 nitrogen and oxygen atoms in total. The Morgan fingerprint density at radius 1 is 1.33 bits per heavy atom. The topological polar surface area (TPSA) is 30.0 Å². The number of aromatic nitrogens is 1. The van der Waals surface area contributed by atoms with Gasteiger partial charge >= 0.3 is 0 Å². The molecule has 96 valence electrons. The number of rotatable bonds is 0. The van der Waals surface area contributed by atoms with E-state index in [1.807, 2.05) is 32.9 Å². The number of Topliss-reactive ketones (excluding diaryl/α,β-unsaturated/α-hetero) is 1. The number of fused-ring (bicyclic) bond motifs is 1. The molecule has 2 heteroatoms. The number of hydrogen-bond donors (Lipinski definition) is 0. The first-order chi connectivity index (χ1) is 8.69. The van der Waals surface area contributed by atoms with E-state index >= 15 is 0 Å². The summed E-state index contributed by atoms with van der Waals surface area (Å²) in [6.45, 7) is 13.0. The Morgan fingerprint density at radius 2 is 1.94 bits per heavy atom. The summed E-state index contributed by atoms with van der Waals surface area (Å²) in [6.07, 6.45) is 9.25. The smallest absolute Gasteiger partial charge is 0.167 e. The monoisotopic (exact) mass is 243 g/mol. The van der Waals surface area contributed by atoms with Crippen molar-refractivity contribution in [2.24, 2.45) is 0 Å². The van der Waals surface area contributed by atoms with Gasteiger partial charge in [-0.3, -0.25) is 9.78 Å². The third kappa shape index (κ3) is 4.91. The molecule has 0 bridgehead atoms. The molecular formula is C16H21NO. The van der Waals surface area contributed by atoms with Crippen molar-refractivity contribution in [3.63, 3.8) is 0 Å². The van der Waals surface area contributed by atoms with Crippen molar-refractivity contribution in [1.82, 2.24) is 4.98 Å². The van der Waals surface area contributed by atoms with Crippen molar-refractivity contribution in [3.8, 4) is 0 Å². The van der Waals surface area contributed by atoms with E-state index in [-0.39, 0.29) is 5.78 Å². The van der Waals surface area contributed by atoms with E-state index in [4.69, 9.17) is 0 Å². The minimum absolute atomic E-state index is 0.118. The zero-order valence-corrected chi connectivity index (χ0v) is 11.4. The van der Waals surface area contributed by atoms with Gasteiger partial charge in [-0.2, -0.15) is 0 Å². The molecule has 0 saturated carbocycles. The number of nitrogens with zero attached hydrogens (tertiary/aromatic N) is 1. The maximum atomic E-state index is 11.6. The number of pyridine rings is 1. The van der Waals surface area contributed by atoms with Gasteiger partial charge in [0.1, 0.15) is 0 Å². The predicted molar refractivity (Wildman–Crippen MR) is 78.6 cm³/mol. The maximum Gasteiger partial charge on any atom is 0.167 e. The second kappa shape index (κ2) is 9.11. The van der Waals surface area contributed by atoms with E-state index in [0.29, 0.717) is 6.42 Å². The molecule has 0 N–H and O–H groups in total. The Kier molecular flexibility index (Phi) is 8.12. The van der Waals surface area contributed by atoms with E-state index in [0.717, 1.165) is 16.7 Å². The largest absolute Gasteiger partial charge is 0.294 e. The van der Waals surface area contributed by atoms with Crippen molar-refractivity contribution in [2.75, 3.05) is 0 Å². The molecule has 0 spiro atoms. The fourth-order valence-corrected chi connectivity index (χ4v) is 1.36. The highest BCUT2D eigenvalue weighted by Crippen LogP contribution is 2.19. The van der Waals surface area contributed by atoms with Gasteiger partial charge in [-0.25, -0.2) is 0 Å². The summed E-state index contributed by atoms with van der Waals surface area (Å²) in [5.41, 5.74) is 2.47. The van der Waals surface area contributed by atoms with Gasteiger partial charge in [-0.1, -0.05) is 38.7 Å². The highest BCUT2D eigenvalue weighted by atomic mass is 16.1. The second-order valence-corrected chi connectivity index (χ2v) is 3.46. The van der Waals surface area contributed by atoms with Gasteiger partial charge in [0.05, 0.1) is 0 Å². The number of allylic oxidation sites excluding steroid dienone is 3. The summed E-state index contributed by atoms with van der Waals surface area (Å²) in [5.74, 6) is 0.118. The summed E-state index contributed by atoms with van der Waals surface area (Å²) in [7, 11) is 0. The molecule has 18 heavy (non-hydrogen) atoms. The summed E-state index contributed by atoms with van der Waals surface area (Å²) in [5, 5.41) is 0. The van der Waals surface area contributed by atoms with Gasteiger partial charge in [0.15, 0.2) is 5.78 Å². The van der Waals surface area contributed by atoms with Crippen LogP contribution in [0.15, 0.2) is 49.3 Å². The van der Waals surface area contributed by atoms with Crippen LogP contribution in [0.3, 0.4) is 0 Å². The lowest BCUT2D eigenvalue weighted by molar-refractivity contribution is 0.0994. The zero-order chi connectivity index (χ0) is 14.0. The predicted octanol–water partition coefficient (Wildman–Crippen LogP) is 4.46. The van der Waals surface area contributed by atoms with Crippen LogP contribution in [0.5, 0.6) is 0 Å². The molecule has 0 amide bonds. The Labute approximate surface area is 110 Å². The van der Waals surface area contributed by atoms with E-state index in [1.54, 1.807) is 24.5 Å². The molecule has 0 fully saturated rings. The summed E-state index contributed by atoms with van der Waals surface area (Å²) < 4.78 is 0. The van der Waals surface area contributed by atoms with Gasteiger partial charge in [-0.15, -0.1) is 6.58 Å². The van der Waals surface area contributed by atoms with Crippen molar-refractivity contribution >= 4 is 11.9 Å². The van der Waals surface area contributed by atoms with Crippen LogP contribution < -0.4 is 0 Å². The van der Waals surface area contributed by atoms with Crippen LogP contribution in [0, 0.1) is 0 Å². The molecule has 0 radical (unpaired) electrons. The van der Waals surface area contributed by atoms with E-state index in [2.05, 4.69) is 18.1 Å². The van der Waals surface area contributed by atoms with Gasteiger partial charge in [0, 0.05) is 29.9 Å². The molecule has 1 heterocycles.